The Labute approximate surface area is 62.2 Å². The van der Waals surface area contributed by atoms with E-state index in [2.05, 4.69) is 0 Å². The average molecular weight is 183 g/mol. The van der Waals surface area contributed by atoms with Crippen LogP contribution in [-0.4, -0.2) is 0 Å². The van der Waals surface area contributed by atoms with Gasteiger partial charge in [0.15, 0.2) is 0 Å². The first kappa shape index (κ1) is 10.2. The van der Waals surface area contributed by atoms with E-state index in [9.17, 15) is 0 Å². The van der Waals surface area contributed by atoms with E-state index < -0.39 is 0 Å². The molecule has 0 aliphatic rings. The van der Waals surface area contributed by atoms with Crippen molar-refractivity contribution >= 4 is 34.8 Å². The van der Waals surface area contributed by atoms with Gasteiger partial charge in [-0.15, -0.1) is 0 Å². The van der Waals surface area contributed by atoms with Crippen molar-refractivity contribution in [1.82, 2.24) is 0 Å². The molecule has 0 aliphatic heterocycles. The maximum absolute atomic E-state index is 4.96. The van der Waals surface area contributed by atoms with Crippen molar-refractivity contribution in [2.75, 3.05) is 0 Å². The number of halogens is 3. The summed E-state index contributed by atoms with van der Waals surface area (Å²) >= 11 is 14.8. The Hall–Kier alpha value is 1.14. The van der Waals surface area contributed by atoms with Gasteiger partial charge in [0, 0.05) is 22.9 Å². The minimum atomic E-state index is 0. The molecule has 6 heavy (non-hydrogen) atoms. The summed E-state index contributed by atoms with van der Waals surface area (Å²) in [6.45, 7) is 0. The maximum atomic E-state index is 4.96. The van der Waals surface area contributed by atoms with Gasteiger partial charge in [-0.25, -0.2) is 0 Å². The molecule has 0 rings (SSSR count). The van der Waals surface area contributed by atoms with Gasteiger partial charge in [-0.1, -0.05) is 34.8 Å². The maximum Gasteiger partial charge on any atom is 0.118 e. The summed E-state index contributed by atoms with van der Waals surface area (Å²) in [5, 5.41) is 0. The molecule has 0 heterocycles. The van der Waals surface area contributed by atoms with Crippen molar-refractivity contribution in [3.05, 3.63) is 10.0 Å². The second-order valence-electron chi connectivity index (χ2n) is 0.399. The molecule has 0 aromatic carbocycles. The molecule has 0 bridgehead atoms. The number of rotatable bonds is 0. The van der Waals surface area contributed by atoms with Crippen molar-refractivity contribution in [3.8, 4) is 0 Å². The summed E-state index contributed by atoms with van der Waals surface area (Å²) in [5.74, 6) is 0. The Morgan fingerprint density at radius 1 is 1.33 bits per heavy atom. The van der Waals surface area contributed by atoms with E-state index in [1.54, 1.807) is 0 Å². The van der Waals surface area contributed by atoms with E-state index in [1.165, 1.54) is 0 Å². The fourth-order valence-electron chi connectivity index (χ4n) is 0. The minimum Gasteiger partial charge on any atom is -0.0904 e. The fourth-order valence-corrected chi connectivity index (χ4v) is 0. The molecule has 0 N–H and O–H groups in total. The molecular weight excluding hydrogens is 182 g/mol. The SMILES string of the molecule is ClC=C(Cl)Cl.[Cr]. The second kappa shape index (κ2) is 6.14. The summed E-state index contributed by atoms with van der Waals surface area (Å²) in [6.07, 6.45) is 0. The monoisotopic (exact) mass is 182 g/mol. The van der Waals surface area contributed by atoms with Crippen molar-refractivity contribution in [3.63, 3.8) is 0 Å². The van der Waals surface area contributed by atoms with Crippen LogP contribution in [0.15, 0.2) is 10.0 Å². The molecule has 0 saturated heterocycles. The van der Waals surface area contributed by atoms with E-state index in [-0.39, 0.29) is 21.9 Å². The van der Waals surface area contributed by atoms with E-state index in [0.29, 0.717) is 0 Å². The Kier molecular flexibility index (Phi) is 10.4. The molecule has 0 aromatic heterocycles. The van der Waals surface area contributed by atoms with Crippen LogP contribution in [-0.2, 0) is 17.4 Å². The zero-order valence-corrected chi connectivity index (χ0v) is 6.16. The van der Waals surface area contributed by atoms with Gasteiger partial charge >= 0.3 is 0 Å². The van der Waals surface area contributed by atoms with Crippen molar-refractivity contribution in [2.45, 2.75) is 0 Å². The summed E-state index contributed by atoms with van der Waals surface area (Å²) in [4.78, 5) is 0. The van der Waals surface area contributed by atoms with Gasteiger partial charge in [0.1, 0.15) is 4.49 Å². The molecular formula is C2HCl3Cr. The quantitative estimate of drug-likeness (QED) is 0.541. The van der Waals surface area contributed by atoms with Gasteiger partial charge in [-0.05, 0) is 0 Å². The zero-order chi connectivity index (χ0) is 4.28. The Balaban J connectivity index is 0. The van der Waals surface area contributed by atoms with Crippen LogP contribution in [0.4, 0.5) is 0 Å². The van der Waals surface area contributed by atoms with Crippen molar-refractivity contribution in [1.29, 1.82) is 0 Å². The molecule has 36 valence electrons. The molecule has 0 atom stereocenters. The van der Waals surface area contributed by atoms with Crippen molar-refractivity contribution < 1.29 is 17.4 Å². The van der Waals surface area contributed by atoms with Crippen LogP contribution in [0.3, 0.4) is 0 Å². The minimum absolute atomic E-state index is 0. The van der Waals surface area contributed by atoms with Crippen LogP contribution < -0.4 is 0 Å². The number of hydrogen-bond donors (Lipinski definition) is 0. The predicted molar refractivity (Wildman–Crippen MR) is 25.6 cm³/mol. The van der Waals surface area contributed by atoms with Gasteiger partial charge in [0.25, 0.3) is 0 Å². The molecule has 0 radical (unpaired) electrons. The van der Waals surface area contributed by atoms with Crippen LogP contribution in [0.25, 0.3) is 0 Å². The third-order valence-electron chi connectivity index (χ3n) is 0.0825. The van der Waals surface area contributed by atoms with Crippen LogP contribution in [0, 0.1) is 0 Å². The van der Waals surface area contributed by atoms with Crippen LogP contribution in [0.5, 0.6) is 0 Å². The Morgan fingerprint density at radius 3 is 1.50 bits per heavy atom. The molecule has 0 aromatic rings. The standard InChI is InChI=1S/C2HCl3.Cr/c3-1-2(4)5;/h1H;. The average Bonchev–Trinajstić information content (AvgIpc) is 1.38. The first-order chi connectivity index (χ1) is 2.27. The zero-order valence-electron chi connectivity index (χ0n) is 2.62. The number of hydrogen-bond acceptors (Lipinski definition) is 0. The van der Waals surface area contributed by atoms with Crippen LogP contribution >= 0.6 is 34.8 Å². The molecule has 0 aliphatic carbocycles. The summed E-state index contributed by atoms with van der Waals surface area (Å²) in [7, 11) is 0. The summed E-state index contributed by atoms with van der Waals surface area (Å²) < 4.78 is 0.0895. The van der Waals surface area contributed by atoms with Gasteiger partial charge in [-0.3, -0.25) is 0 Å². The summed E-state index contributed by atoms with van der Waals surface area (Å²) in [6, 6.07) is 0. The first-order valence-corrected chi connectivity index (χ1v) is 2.08. The Bertz CT molecular complexity index is 46.8. The third kappa shape index (κ3) is 8.94. The second-order valence-corrected chi connectivity index (χ2v) is 1.62. The van der Waals surface area contributed by atoms with E-state index in [1.807, 2.05) is 0 Å². The van der Waals surface area contributed by atoms with Gasteiger partial charge < -0.3 is 0 Å². The largest absolute Gasteiger partial charge is 0.118 e. The molecule has 0 nitrogen and oxygen atoms in total. The molecule has 0 unspecified atom stereocenters. The molecule has 0 spiro atoms. The van der Waals surface area contributed by atoms with Gasteiger partial charge in [0.2, 0.25) is 0 Å². The molecule has 4 heteroatoms. The Morgan fingerprint density at radius 2 is 1.50 bits per heavy atom. The van der Waals surface area contributed by atoms with Crippen molar-refractivity contribution in [2.24, 2.45) is 0 Å². The first-order valence-electron chi connectivity index (χ1n) is 0.885. The van der Waals surface area contributed by atoms with E-state index in [4.69, 9.17) is 34.8 Å². The van der Waals surface area contributed by atoms with E-state index in [0.717, 1.165) is 5.54 Å². The summed E-state index contributed by atoms with van der Waals surface area (Å²) in [5.41, 5.74) is 1.09. The van der Waals surface area contributed by atoms with Crippen LogP contribution in [0.2, 0.25) is 0 Å². The molecule has 0 saturated carbocycles. The van der Waals surface area contributed by atoms with Gasteiger partial charge in [-0.2, -0.15) is 0 Å². The van der Waals surface area contributed by atoms with E-state index >= 15 is 0 Å². The fraction of sp³-hybridized carbons (Fsp3) is 0. The molecule has 0 amide bonds. The predicted octanol–water partition coefficient (Wildman–Crippen LogP) is 2.50. The van der Waals surface area contributed by atoms with Gasteiger partial charge in [0.05, 0.1) is 0 Å². The molecule has 0 fully saturated rings. The van der Waals surface area contributed by atoms with Crippen LogP contribution in [0.1, 0.15) is 0 Å². The smallest absolute Gasteiger partial charge is 0.0904 e. The normalized spacial score (nSPS) is 5.83. The topological polar surface area (TPSA) is 0 Å². The third-order valence-corrected chi connectivity index (χ3v) is 0.742.